The summed E-state index contributed by atoms with van der Waals surface area (Å²) in [5.74, 6) is -0.457. The van der Waals surface area contributed by atoms with Crippen LogP contribution in [0.25, 0.3) is 0 Å². The van der Waals surface area contributed by atoms with Crippen LogP contribution in [0.1, 0.15) is 34.3 Å². The topological polar surface area (TPSA) is 109 Å². The second-order valence-corrected chi connectivity index (χ2v) is 10.1. The van der Waals surface area contributed by atoms with Crippen LogP contribution in [0.4, 0.5) is 11.4 Å². The number of nitrogens with zero attached hydrogens (tertiary/aromatic N) is 1. The van der Waals surface area contributed by atoms with Crippen LogP contribution in [0.5, 0.6) is 0 Å². The lowest BCUT2D eigenvalue weighted by atomic mass is 9.95. The van der Waals surface area contributed by atoms with E-state index in [0.29, 0.717) is 42.9 Å². The Labute approximate surface area is 199 Å². The smallest absolute Gasteiger partial charge is 0.261 e. The van der Waals surface area contributed by atoms with Crippen molar-refractivity contribution >= 4 is 33.2 Å². The fourth-order valence-electron chi connectivity index (χ4n) is 4.04. The van der Waals surface area contributed by atoms with Crippen LogP contribution in [0, 0.1) is 19.8 Å². The van der Waals surface area contributed by atoms with Gasteiger partial charge in [0.25, 0.3) is 15.9 Å². The fourth-order valence-corrected chi connectivity index (χ4v) is 5.25. The number of furan rings is 1. The van der Waals surface area contributed by atoms with Crippen LogP contribution in [0.15, 0.2) is 70.4 Å². The Hall–Kier alpha value is -3.59. The fraction of sp³-hybridized carbons (Fsp3) is 0.280. The zero-order valence-corrected chi connectivity index (χ0v) is 19.9. The number of aryl methyl sites for hydroxylation is 2. The number of anilines is 2. The molecule has 34 heavy (non-hydrogen) atoms. The van der Waals surface area contributed by atoms with E-state index in [1.807, 2.05) is 32.0 Å². The van der Waals surface area contributed by atoms with Crippen LogP contribution < -0.4 is 10.0 Å². The average Bonchev–Trinajstić information content (AvgIpc) is 3.37. The maximum Gasteiger partial charge on any atom is 0.261 e. The molecule has 2 amide bonds. The lowest BCUT2D eigenvalue weighted by Crippen LogP contribution is -2.41. The number of benzene rings is 2. The third-order valence-corrected chi connectivity index (χ3v) is 7.44. The second kappa shape index (κ2) is 9.72. The quantitative estimate of drug-likeness (QED) is 0.549. The number of hydrogen-bond acceptors (Lipinski definition) is 5. The molecule has 0 bridgehead atoms. The summed E-state index contributed by atoms with van der Waals surface area (Å²) < 4.78 is 33.3. The standard InChI is InChI=1S/C25H27N3O5S/c1-17-4-3-5-18(2)23(17)27-34(31,32)22-8-6-21(7-9-22)26-24(29)19-10-13-28(14-11-19)25(30)20-12-15-33-16-20/h3-9,12,15-16,19,27H,10-11,13-14H2,1-2H3,(H,26,29). The van der Waals surface area contributed by atoms with Gasteiger partial charge in [0.2, 0.25) is 5.91 Å². The first kappa shape index (κ1) is 23.6. The number of para-hydroxylation sites is 1. The molecule has 1 aliphatic rings. The largest absolute Gasteiger partial charge is 0.472 e. The first-order chi connectivity index (χ1) is 16.2. The third-order valence-electron chi connectivity index (χ3n) is 6.07. The van der Waals surface area contributed by atoms with Crippen molar-refractivity contribution in [1.29, 1.82) is 0 Å². The predicted molar refractivity (Wildman–Crippen MR) is 129 cm³/mol. The molecule has 2 heterocycles. The Morgan fingerprint density at radius 1 is 0.971 bits per heavy atom. The number of hydrogen-bond donors (Lipinski definition) is 2. The van der Waals surface area contributed by atoms with Crippen molar-refractivity contribution in [2.45, 2.75) is 31.6 Å². The average molecular weight is 482 g/mol. The molecule has 0 unspecified atom stereocenters. The van der Waals surface area contributed by atoms with E-state index in [2.05, 4.69) is 10.0 Å². The lowest BCUT2D eigenvalue weighted by molar-refractivity contribution is -0.121. The minimum absolute atomic E-state index is 0.0982. The van der Waals surface area contributed by atoms with E-state index in [4.69, 9.17) is 4.42 Å². The number of likely N-dealkylation sites (tertiary alicyclic amines) is 1. The molecule has 9 heteroatoms. The highest BCUT2D eigenvalue weighted by Crippen LogP contribution is 2.25. The molecule has 0 saturated carbocycles. The van der Waals surface area contributed by atoms with Gasteiger partial charge in [0.1, 0.15) is 6.26 Å². The summed E-state index contributed by atoms with van der Waals surface area (Å²) in [6, 6.07) is 13.3. The number of carbonyl (C=O) groups is 2. The highest BCUT2D eigenvalue weighted by Gasteiger charge is 2.28. The number of carbonyl (C=O) groups excluding carboxylic acids is 2. The molecule has 0 aliphatic carbocycles. The highest BCUT2D eigenvalue weighted by molar-refractivity contribution is 7.92. The van der Waals surface area contributed by atoms with Gasteiger partial charge in [0.15, 0.2) is 0 Å². The molecule has 0 spiro atoms. The summed E-state index contributed by atoms with van der Waals surface area (Å²) in [5.41, 5.74) is 3.27. The molecule has 1 saturated heterocycles. The maximum atomic E-state index is 12.8. The third kappa shape index (κ3) is 5.14. The number of amides is 2. The van der Waals surface area contributed by atoms with Crippen molar-refractivity contribution in [1.82, 2.24) is 4.90 Å². The summed E-state index contributed by atoms with van der Waals surface area (Å²) in [6.45, 7) is 4.68. The van der Waals surface area contributed by atoms with E-state index < -0.39 is 10.0 Å². The Bertz CT molecular complexity index is 1260. The van der Waals surface area contributed by atoms with E-state index in [1.54, 1.807) is 23.1 Å². The van der Waals surface area contributed by atoms with Gasteiger partial charge < -0.3 is 14.6 Å². The van der Waals surface area contributed by atoms with Gasteiger partial charge in [-0.25, -0.2) is 8.42 Å². The minimum Gasteiger partial charge on any atom is -0.472 e. The first-order valence-electron chi connectivity index (χ1n) is 11.1. The molecular weight excluding hydrogens is 454 g/mol. The van der Waals surface area contributed by atoms with Crippen LogP contribution in [0.3, 0.4) is 0 Å². The molecule has 0 atom stereocenters. The van der Waals surface area contributed by atoms with Crippen molar-refractivity contribution < 1.29 is 22.4 Å². The van der Waals surface area contributed by atoms with Crippen molar-refractivity contribution in [3.05, 3.63) is 77.7 Å². The van der Waals surface area contributed by atoms with Crippen molar-refractivity contribution in [3.63, 3.8) is 0 Å². The van der Waals surface area contributed by atoms with Gasteiger partial charge in [0.05, 0.1) is 22.4 Å². The minimum atomic E-state index is -3.76. The van der Waals surface area contributed by atoms with E-state index in [9.17, 15) is 18.0 Å². The van der Waals surface area contributed by atoms with E-state index in [-0.39, 0.29) is 22.6 Å². The predicted octanol–water partition coefficient (Wildman–Crippen LogP) is 4.19. The van der Waals surface area contributed by atoms with Gasteiger partial charge in [-0.1, -0.05) is 18.2 Å². The summed E-state index contributed by atoms with van der Waals surface area (Å²) in [7, 11) is -3.76. The molecule has 1 aliphatic heterocycles. The summed E-state index contributed by atoms with van der Waals surface area (Å²) in [6.07, 6.45) is 4.00. The van der Waals surface area contributed by atoms with Crippen LogP contribution in [-0.2, 0) is 14.8 Å². The van der Waals surface area contributed by atoms with Crippen molar-refractivity contribution in [2.24, 2.45) is 5.92 Å². The number of rotatable bonds is 6. The molecule has 8 nitrogen and oxygen atoms in total. The van der Waals surface area contributed by atoms with E-state index >= 15 is 0 Å². The van der Waals surface area contributed by atoms with Gasteiger partial charge in [-0.15, -0.1) is 0 Å². The van der Waals surface area contributed by atoms with Crippen molar-refractivity contribution in [3.8, 4) is 0 Å². The SMILES string of the molecule is Cc1cccc(C)c1NS(=O)(=O)c1ccc(NC(=O)C2CCN(C(=O)c3ccoc3)CC2)cc1. The van der Waals surface area contributed by atoms with E-state index in [0.717, 1.165) is 11.1 Å². The molecule has 0 radical (unpaired) electrons. The van der Waals surface area contributed by atoms with Gasteiger partial charge >= 0.3 is 0 Å². The Balaban J connectivity index is 1.34. The van der Waals surface area contributed by atoms with Crippen LogP contribution in [-0.4, -0.2) is 38.2 Å². The van der Waals surface area contributed by atoms with E-state index in [1.165, 1.54) is 24.7 Å². The molecule has 1 fully saturated rings. The van der Waals surface area contributed by atoms with Gasteiger partial charge in [-0.05, 0) is 68.1 Å². The van der Waals surface area contributed by atoms with Crippen LogP contribution in [0.2, 0.25) is 0 Å². The maximum absolute atomic E-state index is 12.8. The van der Waals surface area contributed by atoms with Gasteiger partial charge in [-0.3, -0.25) is 14.3 Å². The molecule has 2 aromatic carbocycles. The Kier molecular flexibility index (Phi) is 6.74. The van der Waals surface area contributed by atoms with Crippen LogP contribution >= 0.6 is 0 Å². The summed E-state index contributed by atoms with van der Waals surface area (Å²) >= 11 is 0. The highest BCUT2D eigenvalue weighted by atomic mass is 32.2. The Morgan fingerprint density at radius 3 is 2.21 bits per heavy atom. The first-order valence-corrected chi connectivity index (χ1v) is 12.5. The zero-order valence-electron chi connectivity index (χ0n) is 19.1. The van der Waals surface area contributed by atoms with Gasteiger partial charge in [-0.2, -0.15) is 0 Å². The Morgan fingerprint density at radius 2 is 1.62 bits per heavy atom. The number of sulfonamides is 1. The molecule has 4 rings (SSSR count). The summed E-state index contributed by atoms with van der Waals surface area (Å²) in [4.78, 5) is 26.9. The number of nitrogens with one attached hydrogen (secondary N) is 2. The van der Waals surface area contributed by atoms with Gasteiger partial charge in [0, 0.05) is 24.7 Å². The molecule has 1 aromatic heterocycles. The molecule has 2 N–H and O–H groups in total. The molecule has 3 aromatic rings. The zero-order chi connectivity index (χ0) is 24.3. The lowest BCUT2D eigenvalue weighted by Gasteiger charge is -2.31. The normalized spacial score (nSPS) is 14.6. The summed E-state index contributed by atoms with van der Waals surface area (Å²) in [5, 5.41) is 2.86. The molecule has 178 valence electrons. The number of piperidine rings is 1. The molecular formula is C25H27N3O5S. The van der Waals surface area contributed by atoms with Crippen molar-refractivity contribution in [2.75, 3.05) is 23.1 Å². The second-order valence-electron chi connectivity index (χ2n) is 8.46. The monoisotopic (exact) mass is 481 g/mol.